The fourth-order valence-corrected chi connectivity index (χ4v) is 2.74. The predicted octanol–water partition coefficient (Wildman–Crippen LogP) is 3.21. The van der Waals surface area contributed by atoms with Gasteiger partial charge in [-0.2, -0.15) is 0 Å². The van der Waals surface area contributed by atoms with Crippen molar-refractivity contribution in [3.8, 4) is 10.6 Å². The van der Waals surface area contributed by atoms with E-state index < -0.39 is 10.5 Å². The number of aliphatic hydroxyl groups is 1. The maximum Gasteiger partial charge on any atom is 0.270 e. The second-order valence-corrected chi connectivity index (χ2v) is 6.92. The van der Waals surface area contributed by atoms with Crippen molar-refractivity contribution in [1.29, 1.82) is 0 Å². The molecule has 1 aromatic carbocycles. The first kappa shape index (κ1) is 17.5. The lowest BCUT2D eigenvalue weighted by atomic mass is 9.92. The average Bonchev–Trinajstić information content (AvgIpc) is 2.96. The second-order valence-electron chi connectivity index (χ2n) is 6.07. The first-order valence-corrected chi connectivity index (χ1v) is 8.30. The van der Waals surface area contributed by atoms with Crippen LogP contribution < -0.4 is 5.32 Å². The van der Waals surface area contributed by atoms with Crippen LogP contribution in [0.2, 0.25) is 0 Å². The Morgan fingerprint density at radius 3 is 2.87 bits per heavy atom. The van der Waals surface area contributed by atoms with Gasteiger partial charge < -0.3 is 10.4 Å². The minimum absolute atomic E-state index is 0.0605. The van der Waals surface area contributed by atoms with E-state index in [1.54, 1.807) is 13.0 Å². The predicted molar refractivity (Wildman–Crippen MR) is 91.4 cm³/mol. The molecule has 2 rings (SSSR count). The highest BCUT2D eigenvalue weighted by molar-refractivity contribution is 7.13. The highest BCUT2D eigenvalue weighted by Gasteiger charge is 2.24. The van der Waals surface area contributed by atoms with Crippen molar-refractivity contribution < 1.29 is 10.0 Å². The first-order valence-electron chi connectivity index (χ1n) is 7.42. The molecule has 2 aromatic rings. The van der Waals surface area contributed by atoms with Gasteiger partial charge in [-0.25, -0.2) is 4.98 Å². The Bertz CT molecular complexity index is 683. The molecule has 23 heavy (non-hydrogen) atoms. The lowest BCUT2D eigenvalue weighted by molar-refractivity contribution is -0.384. The summed E-state index contributed by atoms with van der Waals surface area (Å²) >= 11 is 1.45. The zero-order chi connectivity index (χ0) is 17.0. The van der Waals surface area contributed by atoms with E-state index in [2.05, 4.69) is 10.3 Å². The lowest BCUT2D eigenvalue weighted by Crippen LogP contribution is -2.41. The molecule has 0 aliphatic rings. The Hall–Kier alpha value is -1.83. The molecule has 0 saturated carbocycles. The van der Waals surface area contributed by atoms with Crippen LogP contribution in [0.25, 0.3) is 10.6 Å². The number of hydrogen-bond acceptors (Lipinski definition) is 6. The van der Waals surface area contributed by atoms with Gasteiger partial charge in [-0.15, -0.1) is 11.3 Å². The maximum atomic E-state index is 10.8. The smallest absolute Gasteiger partial charge is 0.270 e. The van der Waals surface area contributed by atoms with Crippen molar-refractivity contribution in [1.82, 2.24) is 10.3 Å². The molecule has 1 aromatic heterocycles. The van der Waals surface area contributed by atoms with Gasteiger partial charge in [-0.05, 0) is 12.8 Å². The molecule has 0 saturated heterocycles. The number of aromatic nitrogens is 1. The van der Waals surface area contributed by atoms with Crippen LogP contribution in [0.15, 0.2) is 29.6 Å². The maximum absolute atomic E-state index is 10.8. The molecule has 1 unspecified atom stereocenters. The van der Waals surface area contributed by atoms with Crippen molar-refractivity contribution in [2.45, 2.75) is 32.9 Å². The first-order chi connectivity index (χ1) is 10.8. The van der Waals surface area contributed by atoms with Gasteiger partial charge in [0.1, 0.15) is 5.01 Å². The van der Waals surface area contributed by atoms with Crippen LogP contribution in [0.3, 0.4) is 0 Å². The van der Waals surface area contributed by atoms with Crippen LogP contribution >= 0.6 is 11.3 Å². The van der Waals surface area contributed by atoms with E-state index in [1.165, 1.54) is 23.5 Å². The van der Waals surface area contributed by atoms with Crippen molar-refractivity contribution in [2.24, 2.45) is 5.92 Å². The van der Waals surface area contributed by atoms with Gasteiger partial charge in [0.25, 0.3) is 5.69 Å². The molecule has 7 heteroatoms. The monoisotopic (exact) mass is 335 g/mol. The minimum atomic E-state index is -0.765. The fraction of sp³-hybridized carbons (Fsp3) is 0.438. The molecule has 1 heterocycles. The third-order valence-corrected chi connectivity index (χ3v) is 4.83. The van der Waals surface area contributed by atoms with E-state index in [0.29, 0.717) is 13.1 Å². The number of nitrogens with zero attached hydrogens (tertiary/aromatic N) is 2. The summed E-state index contributed by atoms with van der Waals surface area (Å²) in [5.41, 5.74) is 0.893. The molecule has 0 amide bonds. The molecule has 0 aliphatic heterocycles. The standard InChI is InChI=1S/C16H21N3O3S/c1-11(2)16(3,20)10-17-8-13-9-23-15(18-13)12-5-4-6-14(7-12)19(21)22/h4-7,9,11,17,20H,8,10H2,1-3H3. The fourth-order valence-electron chi connectivity index (χ4n) is 1.92. The second kappa shape index (κ2) is 7.16. The minimum Gasteiger partial charge on any atom is -0.389 e. The zero-order valence-corrected chi connectivity index (χ0v) is 14.3. The zero-order valence-electron chi connectivity index (χ0n) is 13.4. The van der Waals surface area contributed by atoms with Crippen LogP contribution in [-0.2, 0) is 6.54 Å². The SMILES string of the molecule is CC(C)C(C)(O)CNCc1csc(-c2cccc([N+](=O)[O-])c2)n1. The molecule has 124 valence electrons. The molecule has 1 atom stereocenters. The molecule has 0 fully saturated rings. The topological polar surface area (TPSA) is 88.3 Å². The summed E-state index contributed by atoms with van der Waals surface area (Å²) < 4.78 is 0. The number of non-ortho nitro benzene ring substituents is 1. The van der Waals surface area contributed by atoms with Crippen LogP contribution in [0.1, 0.15) is 26.5 Å². The highest BCUT2D eigenvalue weighted by atomic mass is 32.1. The summed E-state index contributed by atoms with van der Waals surface area (Å²) in [6.45, 7) is 6.79. The summed E-state index contributed by atoms with van der Waals surface area (Å²) in [4.78, 5) is 14.9. The summed E-state index contributed by atoms with van der Waals surface area (Å²) in [6.07, 6.45) is 0. The van der Waals surface area contributed by atoms with Crippen molar-refractivity contribution in [3.05, 3.63) is 45.5 Å². The summed E-state index contributed by atoms with van der Waals surface area (Å²) in [5.74, 6) is 0.158. The van der Waals surface area contributed by atoms with E-state index >= 15 is 0 Å². The summed E-state index contributed by atoms with van der Waals surface area (Å²) in [6, 6.07) is 6.46. The van der Waals surface area contributed by atoms with Gasteiger partial charge in [0, 0.05) is 36.2 Å². The Morgan fingerprint density at radius 2 is 2.22 bits per heavy atom. The van der Waals surface area contributed by atoms with Gasteiger partial charge in [-0.3, -0.25) is 10.1 Å². The van der Waals surface area contributed by atoms with E-state index in [4.69, 9.17) is 0 Å². The molecule has 6 nitrogen and oxygen atoms in total. The van der Waals surface area contributed by atoms with Crippen LogP contribution in [0.5, 0.6) is 0 Å². The molecular formula is C16H21N3O3S. The number of nitro groups is 1. The van der Waals surface area contributed by atoms with E-state index in [9.17, 15) is 15.2 Å². The molecular weight excluding hydrogens is 314 g/mol. The van der Waals surface area contributed by atoms with Gasteiger partial charge in [0.05, 0.1) is 16.2 Å². The quantitative estimate of drug-likeness (QED) is 0.599. The number of thiazole rings is 1. The van der Waals surface area contributed by atoms with E-state index in [0.717, 1.165) is 16.3 Å². The number of benzene rings is 1. The van der Waals surface area contributed by atoms with Crippen molar-refractivity contribution in [2.75, 3.05) is 6.54 Å². The normalized spacial score (nSPS) is 14.0. The highest BCUT2D eigenvalue weighted by Crippen LogP contribution is 2.26. The largest absolute Gasteiger partial charge is 0.389 e. The van der Waals surface area contributed by atoms with E-state index in [1.807, 2.05) is 25.3 Å². The third-order valence-electron chi connectivity index (χ3n) is 3.89. The van der Waals surface area contributed by atoms with E-state index in [-0.39, 0.29) is 11.6 Å². The molecule has 2 N–H and O–H groups in total. The molecule has 0 aliphatic carbocycles. The lowest BCUT2D eigenvalue weighted by Gasteiger charge is -2.27. The van der Waals surface area contributed by atoms with Gasteiger partial charge in [0.2, 0.25) is 0 Å². The Balaban J connectivity index is 2.01. The third kappa shape index (κ3) is 4.57. The Morgan fingerprint density at radius 1 is 1.48 bits per heavy atom. The molecule has 0 radical (unpaired) electrons. The van der Waals surface area contributed by atoms with Gasteiger partial charge >= 0.3 is 0 Å². The Labute approximate surface area is 139 Å². The van der Waals surface area contributed by atoms with Crippen molar-refractivity contribution >= 4 is 17.0 Å². The molecule has 0 spiro atoms. The van der Waals surface area contributed by atoms with Crippen LogP contribution in [0.4, 0.5) is 5.69 Å². The van der Waals surface area contributed by atoms with Crippen LogP contribution in [-0.4, -0.2) is 27.2 Å². The number of nitrogens with one attached hydrogen (secondary N) is 1. The van der Waals surface area contributed by atoms with Crippen molar-refractivity contribution in [3.63, 3.8) is 0 Å². The summed E-state index contributed by atoms with van der Waals surface area (Å²) in [5, 5.41) is 26.9. The van der Waals surface area contributed by atoms with Gasteiger partial charge in [-0.1, -0.05) is 26.0 Å². The molecule has 0 bridgehead atoms. The number of rotatable bonds is 7. The Kier molecular flexibility index (Phi) is 5.46. The number of hydrogen-bond donors (Lipinski definition) is 2. The van der Waals surface area contributed by atoms with Gasteiger partial charge in [0.15, 0.2) is 0 Å². The summed E-state index contributed by atoms with van der Waals surface area (Å²) in [7, 11) is 0. The van der Waals surface area contributed by atoms with Crippen LogP contribution in [0, 0.1) is 16.0 Å². The average molecular weight is 335 g/mol. The number of nitro benzene ring substituents is 1.